The smallest absolute Gasteiger partial charge is 0.163 e. The predicted molar refractivity (Wildman–Crippen MR) is 59.0 cm³/mol. The van der Waals surface area contributed by atoms with Gasteiger partial charge in [-0.1, -0.05) is 12.1 Å². The van der Waals surface area contributed by atoms with Gasteiger partial charge in [0.2, 0.25) is 0 Å². The molecule has 1 atom stereocenters. The normalized spacial score (nSPS) is 12.7. The van der Waals surface area contributed by atoms with Crippen molar-refractivity contribution in [2.24, 2.45) is 5.84 Å². The number of benzene rings is 1. The fourth-order valence-corrected chi connectivity index (χ4v) is 1.72. The molecule has 1 aromatic heterocycles. The minimum Gasteiger partial charge on any atom is -0.469 e. The third kappa shape index (κ3) is 2.20. The summed E-state index contributed by atoms with van der Waals surface area (Å²) < 4.78 is 31.9. The summed E-state index contributed by atoms with van der Waals surface area (Å²) in [7, 11) is 0. The Kier molecular flexibility index (Phi) is 3.21. The first kappa shape index (κ1) is 11.8. The summed E-state index contributed by atoms with van der Waals surface area (Å²) in [5.74, 6) is 4.25. The third-order valence-corrected chi connectivity index (χ3v) is 2.54. The topological polar surface area (TPSA) is 51.2 Å². The molecule has 1 aromatic carbocycles. The number of aryl methyl sites for hydroxylation is 1. The summed E-state index contributed by atoms with van der Waals surface area (Å²) in [6.45, 7) is 1.76. The second kappa shape index (κ2) is 4.65. The van der Waals surface area contributed by atoms with Crippen LogP contribution in [0.1, 0.15) is 22.9 Å². The first-order valence-electron chi connectivity index (χ1n) is 5.08. The molecule has 1 heterocycles. The van der Waals surface area contributed by atoms with E-state index in [1.165, 1.54) is 18.4 Å². The van der Waals surface area contributed by atoms with Crippen LogP contribution in [0, 0.1) is 18.6 Å². The molecule has 3 nitrogen and oxygen atoms in total. The van der Waals surface area contributed by atoms with E-state index in [9.17, 15) is 8.78 Å². The quantitative estimate of drug-likeness (QED) is 0.637. The standard InChI is InChI=1S/C12H12F2N2O/c1-7-5-8(6-17-7)12(16-15)9-3-2-4-10(13)11(9)14/h2-6,12,16H,15H2,1H3. The van der Waals surface area contributed by atoms with E-state index in [1.807, 2.05) is 0 Å². The number of hydrogen-bond acceptors (Lipinski definition) is 3. The zero-order chi connectivity index (χ0) is 12.4. The van der Waals surface area contributed by atoms with Gasteiger partial charge in [0.05, 0.1) is 12.3 Å². The monoisotopic (exact) mass is 238 g/mol. The molecule has 0 aliphatic rings. The van der Waals surface area contributed by atoms with Gasteiger partial charge >= 0.3 is 0 Å². The molecule has 1 unspecified atom stereocenters. The molecule has 0 fully saturated rings. The SMILES string of the molecule is Cc1cc(C(NN)c2cccc(F)c2F)co1. The van der Waals surface area contributed by atoms with Crippen LogP contribution < -0.4 is 11.3 Å². The number of furan rings is 1. The minimum absolute atomic E-state index is 0.147. The second-order valence-electron chi connectivity index (χ2n) is 3.73. The van der Waals surface area contributed by atoms with E-state index >= 15 is 0 Å². The van der Waals surface area contributed by atoms with E-state index in [1.54, 1.807) is 13.0 Å². The average Bonchev–Trinajstić information content (AvgIpc) is 2.72. The van der Waals surface area contributed by atoms with Crippen LogP contribution in [0.3, 0.4) is 0 Å². The molecular weight excluding hydrogens is 226 g/mol. The van der Waals surface area contributed by atoms with Crippen molar-refractivity contribution in [2.45, 2.75) is 13.0 Å². The van der Waals surface area contributed by atoms with Crippen molar-refractivity contribution in [1.29, 1.82) is 0 Å². The lowest BCUT2D eigenvalue weighted by molar-refractivity contribution is 0.480. The molecule has 2 aromatic rings. The maximum Gasteiger partial charge on any atom is 0.163 e. The van der Waals surface area contributed by atoms with Crippen molar-refractivity contribution in [3.8, 4) is 0 Å². The van der Waals surface area contributed by atoms with E-state index in [0.717, 1.165) is 6.07 Å². The lowest BCUT2D eigenvalue weighted by Gasteiger charge is -2.15. The second-order valence-corrected chi connectivity index (χ2v) is 3.73. The molecule has 0 saturated heterocycles. The van der Waals surface area contributed by atoms with Gasteiger partial charge < -0.3 is 4.42 Å². The molecule has 17 heavy (non-hydrogen) atoms. The Morgan fingerprint density at radius 2 is 2.12 bits per heavy atom. The van der Waals surface area contributed by atoms with Crippen molar-refractivity contribution < 1.29 is 13.2 Å². The third-order valence-electron chi connectivity index (χ3n) is 2.54. The molecule has 0 aliphatic carbocycles. The Morgan fingerprint density at radius 3 is 2.71 bits per heavy atom. The number of hydrogen-bond donors (Lipinski definition) is 2. The van der Waals surface area contributed by atoms with Crippen LogP contribution in [0.25, 0.3) is 0 Å². The maximum atomic E-state index is 13.6. The predicted octanol–water partition coefficient (Wildman–Crippen LogP) is 2.42. The first-order chi connectivity index (χ1) is 8.13. The molecule has 0 bridgehead atoms. The van der Waals surface area contributed by atoms with E-state index in [2.05, 4.69) is 5.43 Å². The van der Waals surface area contributed by atoms with Gasteiger partial charge in [-0.2, -0.15) is 0 Å². The minimum atomic E-state index is -0.908. The van der Waals surface area contributed by atoms with Crippen LogP contribution in [0.4, 0.5) is 8.78 Å². The highest BCUT2D eigenvalue weighted by atomic mass is 19.2. The summed E-state index contributed by atoms with van der Waals surface area (Å²) in [6, 6.07) is 5.06. The highest BCUT2D eigenvalue weighted by molar-refractivity contribution is 5.32. The van der Waals surface area contributed by atoms with Crippen LogP contribution >= 0.6 is 0 Å². The van der Waals surface area contributed by atoms with Crippen LogP contribution in [0.2, 0.25) is 0 Å². The summed E-state index contributed by atoms with van der Waals surface area (Å²) in [4.78, 5) is 0. The van der Waals surface area contributed by atoms with Crippen LogP contribution in [-0.4, -0.2) is 0 Å². The molecule has 0 radical (unpaired) electrons. The fourth-order valence-electron chi connectivity index (χ4n) is 1.72. The van der Waals surface area contributed by atoms with Crippen LogP contribution in [0.5, 0.6) is 0 Å². The van der Waals surface area contributed by atoms with Gasteiger partial charge in [0.1, 0.15) is 5.76 Å². The summed E-state index contributed by atoms with van der Waals surface area (Å²) >= 11 is 0. The van der Waals surface area contributed by atoms with Crippen molar-refractivity contribution in [1.82, 2.24) is 5.43 Å². The fraction of sp³-hybridized carbons (Fsp3) is 0.167. The number of halogens is 2. The molecule has 3 N–H and O–H groups in total. The van der Waals surface area contributed by atoms with E-state index < -0.39 is 17.7 Å². The van der Waals surface area contributed by atoms with Crippen LogP contribution in [0.15, 0.2) is 34.9 Å². The summed E-state index contributed by atoms with van der Waals surface area (Å²) in [5.41, 5.74) is 3.24. The van der Waals surface area contributed by atoms with E-state index in [4.69, 9.17) is 10.3 Å². The summed E-state index contributed by atoms with van der Waals surface area (Å²) in [5, 5.41) is 0. The van der Waals surface area contributed by atoms with Gasteiger partial charge in [-0.15, -0.1) is 0 Å². The molecule has 0 spiro atoms. The van der Waals surface area contributed by atoms with E-state index in [-0.39, 0.29) is 5.56 Å². The Balaban J connectivity index is 2.45. The molecule has 0 amide bonds. The highest BCUT2D eigenvalue weighted by Gasteiger charge is 2.20. The van der Waals surface area contributed by atoms with Crippen molar-refractivity contribution in [3.63, 3.8) is 0 Å². The molecule has 2 rings (SSSR count). The Bertz CT molecular complexity index is 525. The highest BCUT2D eigenvalue weighted by Crippen LogP contribution is 2.26. The Hall–Kier alpha value is -1.72. The zero-order valence-electron chi connectivity index (χ0n) is 9.21. The molecule has 0 aliphatic heterocycles. The average molecular weight is 238 g/mol. The van der Waals surface area contributed by atoms with Crippen molar-refractivity contribution >= 4 is 0 Å². The number of rotatable bonds is 3. The largest absolute Gasteiger partial charge is 0.469 e. The van der Waals surface area contributed by atoms with Crippen molar-refractivity contribution in [2.75, 3.05) is 0 Å². The lowest BCUT2D eigenvalue weighted by Crippen LogP contribution is -2.29. The van der Waals surface area contributed by atoms with E-state index in [0.29, 0.717) is 11.3 Å². The van der Waals surface area contributed by atoms with Gasteiger partial charge in [-0.3, -0.25) is 5.84 Å². The van der Waals surface area contributed by atoms with Gasteiger partial charge in [0, 0.05) is 11.1 Å². The summed E-state index contributed by atoms with van der Waals surface area (Å²) in [6.07, 6.45) is 1.46. The van der Waals surface area contributed by atoms with Gasteiger partial charge in [0.25, 0.3) is 0 Å². The zero-order valence-corrected chi connectivity index (χ0v) is 9.21. The lowest BCUT2D eigenvalue weighted by atomic mass is 10.0. The molecule has 0 saturated carbocycles. The maximum absolute atomic E-state index is 13.6. The first-order valence-corrected chi connectivity index (χ1v) is 5.08. The number of nitrogens with one attached hydrogen (secondary N) is 1. The van der Waals surface area contributed by atoms with Crippen molar-refractivity contribution in [3.05, 3.63) is 59.1 Å². The number of hydrazine groups is 1. The van der Waals surface area contributed by atoms with Gasteiger partial charge in [0.15, 0.2) is 11.6 Å². The van der Waals surface area contributed by atoms with Crippen LogP contribution in [-0.2, 0) is 0 Å². The number of nitrogens with two attached hydrogens (primary N) is 1. The Labute approximate surface area is 97.2 Å². The molecular formula is C12H12F2N2O. The molecule has 90 valence electrons. The van der Waals surface area contributed by atoms with Gasteiger partial charge in [-0.05, 0) is 19.1 Å². The Morgan fingerprint density at radius 1 is 1.35 bits per heavy atom. The van der Waals surface area contributed by atoms with Gasteiger partial charge in [-0.25, -0.2) is 14.2 Å². The molecule has 5 heteroatoms.